The number of fused-ring (bicyclic) bond motifs is 1. The van der Waals surface area contributed by atoms with Gasteiger partial charge in [0.2, 0.25) is 5.88 Å². The highest BCUT2D eigenvalue weighted by atomic mass is 35.5. The average molecular weight is 419 g/mol. The lowest BCUT2D eigenvalue weighted by Gasteiger charge is -2.12. The van der Waals surface area contributed by atoms with Gasteiger partial charge in [-0.1, -0.05) is 54.1 Å². The number of carbonyl (C=O) groups excluding carboxylic acids is 1. The van der Waals surface area contributed by atoms with Crippen LogP contribution in [0.4, 0.5) is 16.4 Å². The molecule has 1 heterocycles. The van der Waals surface area contributed by atoms with E-state index in [1.807, 2.05) is 70.2 Å². The van der Waals surface area contributed by atoms with Crippen LogP contribution < -0.4 is 10.6 Å². The fourth-order valence-corrected chi connectivity index (χ4v) is 4.06. The highest BCUT2D eigenvalue weighted by Gasteiger charge is 2.21. The number of carbonyl (C=O) groups is 1. The largest absolute Gasteiger partial charge is 0.439 e. The van der Waals surface area contributed by atoms with E-state index in [0.717, 1.165) is 50.0 Å². The van der Waals surface area contributed by atoms with Gasteiger partial charge in [-0.3, -0.25) is 5.32 Å². The van der Waals surface area contributed by atoms with Crippen molar-refractivity contribution in [3.05, 3.63) is 81.9 Å². The first-order valence-electron chi connectivity index (χ1n) is 9.78. The summed E-state index contributed by atoms with van der Waals surface area (Å²) in [7, 11) is 0. The van der Waals surface area contributed by atoms with E-state index in [1.165, 1.54) is 0 Å². The summed E-state index contributed by atoms with van der Waals surface area (Å²) in [6.45, 7) is 7.96. The molecular weight excluding hydrogens is 396 g/mol. The van der Waals surface area contributed by atoms with Gasteiger partial charge in [0.15, 0.2) is 0 Å². The summed E-state index contributed by atoms with van der Waals surface area (Å²) in [4.78, 5) is 12.9. The number of halogens is 1. The first-order valence-corrected chi connectivity index (χ1v) is 10.2. The standard InChI is InChI=1S/C25H23ClN2O2/c1-14-12-17(4)23-19(13-14)21(18-10-5-6-11-20(18)26)24(30-23)28-25(29)27-22-15(2)8-7-9-16(22)3/h5-13H,1-4H3,(H2,27,28,29). The summed E-state index contributed by atoms with van der Waals surface area (Å²) in [6, 6.07) is 17.2. The summed E-state index contributed by atoms with van der Waals surface area (Å²) < 4.78 is 6.13. The Hall–Kier alpha value is -3.24. The van der Waals surface area contributed by atoms with E-state index in [1.54, 1.807) is 0 Å². The van der Waals surface area contributed by atoms with Gasteiger partial charge in [0.25, 0.3) is 0 Å². The second kappa shape index (κ2) is 7.88. The number of anilines is 2. The predicted molar refractivity (Wildman–Crippen MR) is 125 cm³/mol. The molecule has 0 fully saturated rings. The minimum atomic E-state index is -0.367. The SMILES string of the molecule is Cc1cc(C)c2oc(NC(=O)Nc3c(C)cccc3C)c(-c3ccccc3Cl)c2c1. The van der Waals surface area contributed by atoms with Gasteiger partial charge < -0.3 is 9.73 Å². The van der Waals surface area contributed by atoms with E-state index >= 15 is 0 Å². The fraction of sp³-hybridized carbons (Fsp3) is 0.160. The Labute approximate surface area is 180 Å². The molecule has 0 aliphatic rings. The fourth-order valence-electron chi connectivity index (χ4n) is 3.83. The number of nitrogens with one attached hydrogen (secondary N) is 2. The monoisotopic (exact) mass is 418 g/mol. The van der Waals surface area contributed by atoms with E-state index in [2.05, 4.69) is 22.8 Å². The number of rotatable bonds is 3. The zero-order chi connectivity index (χ0) is 21.4. The summed E-state index contributed by atoms with van der Waals surface area (Å²) >= 11 is 6.51. The Balaban J connectivity index is 1.81. The first kappa shape index (κ1) is 20.0. The van der Waals surface area contributed by atoms with Crippen molar-refractivity contribution < 1.29 is 9.21 Å². The van der Waals surface area contributed by atoms with Crippen molar-refractivity contribution in [2.24, 2.45) is 0 Å². The van der Waals surface area contributed by atoms with Gasteiger partial charge in [0.05, 0.1) is 5.56 Å². The molecule has 0 spiro atoms. The summed E-state index contributed by atoms with van der Waals surface area (Å²) in [6.07, 6.45) is 0. The quantitative estimate of drug-likeness (QED) is 0.359. The normalized spacial score (nSPS) is 11.0. The third-order valence-corrected chi connectivity index (χ3v) is 5.54. The number of furan rings is 1. The second-order valence-electron chi connectivity index (χ2n) is 7.59. The van der Waals surface area contributed by atoms with Crippen LogP contribution in [-0.2, 0) is 0 Å². The van der Waals surface area contributed by atoms with E-state index in [4.69, 9.17) is 16.0 Å². The zero-order valence-corrected chi connectivity index (χ0v) is 18.1. The van der Waals surface area contributed by atoms with Crippen LogP contribution in [0.5, 0.6) is 0 Å². The lowest BCUT2D eigenvalue weighted by atomic mass is 10.0. The van der Waals surface area contributed by atoms with Crippen molar-refractivity contribution >= 4 is 40.2 Å². The Kier molecular flexibility index (Phi) is 5.27. The molecule has 0 aliphatic heterocycles. The van der Waals surface area contributed by atoms with E-state index < -0.39 is 0 Å². The number of urea groups is 1. The van der Waals surface area contributed by atoms with Crippen LogP contribution in [0.1, 0.15) is 22.3 Å². The summed E-state index contributed by atoms with van der Waals surface area (Å²) in [5.74, 6) is 0.371. The maximum Gasteiger partial charge on any atom is 0.326 e. The van der Waals surface area contributed by atoms with Crippen molar-refractivity contribution in [2.45, 2.75) is 27.7 Å². The number of hydrogen-bond acceptors (Lipinski definition) is 2. The number of amides is 2. The van der Waals surface area contributed by atoms with E-state index in [0.29, 0.717) is 10.9 Å². The van der Waals surface area contributed by atoms with Crippen LogP contribution in [0.3, 0.4) is 0 Å². The van der Waals surface area contributed by atoms with Crippen LogP contribution in [0, 0.1) is 27.7 Å². The smallest absolute Gasteiger partial charge is 0.326 e. The van der Waals surface area contributed by atoms with Gasteiger partial charge in [-0.25, -0.2) is 4.79 Å². The second-order valence-corrected chi connectivity index (χ2v) is 8.00. The number of aryl methyl sites for hydroxylation is 4. The van der Waals surface area contributed by atoms with Crippen LogP contribution >= 0.6 is 11.6 Å². The van der Waals surface area contributed by atoms with Crippen molar-refractivity contribution in [2.75, 3.05) is 10.6 Å². The van der Waals surface area contributed by atoms with Gasteiger partial charge in [-0.2, -0.15) is 0 Å². The molecule has 4 aromatic rings. The molecule has 152 valence electrons. The van der Waals surface area contributed by atoms with E-state index in [-0.39, 0.29) is 6.03 Å². The van der Waals surface area contributed by atoms with E-state index in [9.17, 15) is 4.79 Å². The van der Waals surface area contributed by atoms with Crippen molar-refractivity contribution in [3.63, 3.8) is 0 Å². The third-order valence-electron chi connectivity index (χ3n) is 5.21. The molecule has 0 radical (unpaired) electrons. The molecule has 0 saturated heterocycles. The minimum Gasteiger partial charge on any atom is -0.439 e. The molecular formula is C25H23ClN2O2. The topological polar surface area (TPSA) is 54.3 Å². The molecule has 2 N–H and O–H groups in total. The summed E-state index contributed by atoms with van der Waals surface area (Å²) in [5.41, 5.74) is 7.21. The Bertz CT molecular complexity index is 1250. The van der Waals surface area contributed by atoms with Crippen LogP contribution in [0.15, 0.2) is 59.0 Å². The minimum absolute atomic E-state index is 0.367. The predicted octanol–water partition coefficient (Wildman–Crippen LogP) is 7.63. The highest BCUT2D eigenvalue weighted by molar-refractivity contribution is 6.34. The highest BCUT2D eigenvalue weighted by Crippen LogP contribution is 2.42. The molecule has 5 heteroatoms. The molecule has 1 aromatic heterocycles. The van der Waals surface area contributed by atoms with Crippen LogP contribution in [0.25, 0.3) is 22.1 Å². The lowest BCUT2D eigenvalue weighted by molar-refractivity contribution is 0.261. The van der Waals surface area contributed by atoms with Crippen molar-refractivity contribution in [1.29, 1.82) is 0 Å². The van der Waals surface area contributed by atoms with Gasteiger partial charge in [0.1, 0.15) is 5.58 Å². The Morgan fingerprint density at radius 3 is 2.27 bits per heavy atom. The molecule has 0 saturated carbocycles. The van der Waals surface area contributed by atoms with Crippen LogP contribution in [-0.4, -0.2) is 6.03 Å². The first-order chi connectivity index (χ1) is 14.3. The van der Waals surface area contributed by atoms with Gasteiger partial charge in [-0.05, 0) is 62.1 Å². The van der Waals surface area contributed by atoms with Gasteiger partial charge in [0, 0.05) is 21.7 Å². The molecule has 0 bridgehead atoms. The molecule has 30 heavy (non-hydrogen) atoms. The number of para-hydroxylation sites is 1. The maximum absolute atomic E-state index is 12.9. The van der Waals surface area contributed by atoms with Crippen molar-refractivity contribution in [3.8, 4) is 11.1 Å². The average Bonchev–Trinajstić information content (AvgIpc) is 3.03. The zero-order valence-electron chi connectivity index (χ0n) is 17.4. The number of benzene rings is 3. The molecule has 4 rings (SSSR count). The molecule has 2 amide bonds. The molecule has 0 atom stereocenters. The molecule has 0 unspecified atom stereocenters. The molecule has 0 aliphatic carbocycles. The Morgan fingerprint density at radius 1 is 0.867 bits per heavy atom. The molecule has 3 aromatic carbocycles. The third kappa shape index (κ3) is 3.66. The maximum atomic E-state index is 12.9. The molecule has 4 nitrogen and oxygen atoms in total. The van der Waals surface area contributed by atoms with Gasteiger partial charge in [-0.15, -0.1) is 0 Å². The number of hydrogen-bond donors (Lipinski definition) is 2. The van der Waals surface area contributed by atoms with Gasteiger partial charge >= 0.3 is 6.03 Å². The Morgan fingerprint density at radius 2 is 1.57 bits per heavy atom. The van der Waals surface area contributed by atoms with Crippen molar-refractivity contribution in [1.82, 2.24) is 0 Å². The lowest BCUT2D eigenvalue weighted by Crippen LogP contribution is -2.20. The van der Waals surface area contributed by atoms with Crippen LogP contribution in [0.2, 0.25) is 5.02 Å². The summed E-state index contributed by atoms with van der Waals surface area (Å²) in [5, 5.41) is 7.36.